The Morgan fingerprint density at radius 1 is 0.873 bits per heavy atom. The van der Waals surface area contributed by atoms with Crippen LogP contribution in [0.4, 0.5) is 17.3 Å². The summed E-state index contributed by atoms with van der Waals surface area (Å²) in [7, 11) is 0. The van der Waals surface area contributed by atoms with E-state index in [1.165, 1.54) is 0 Å². The number of piperidine rings is 1. The molecule has 0 spiro atoms. The van der Waals surface area contributed by atoms with Crippen molar-refractivity contribution in [3.63, 3.8) is 0 Å². The van der Waals surface area contributed by atoms with Crippen LogP contribution in [0.1, 0.15) is 102 Å². The van der Waals surface area contributed by atoms with Crippen molar-refractivity contribution < 1.29 is 38.2 Å². The second kappa shape index (κ2) is 21.9. The average Bonchev–Trinajstić information content (AvgIpc) is 3.54. The van der Waals surface area contributed by atoms with Gasteiger partial charge in [-0.2, -0.15) is 15.1 Å². The van der Waals surface area contributed by atoms with E-state index in [1.807, 2.05) is 55.5 Å². The minimum Gasteiger partial charge on any atom is -0.493 e. The van der Waals surface area contributed by atoms with Crippen molar-refractivity contribution >= 4 is 53.1 Å². The molecule has 2 saturated heterocycles. The molecule has 1 aromatic heterocycles. The van der Waals surface area contributed by atoms with Crippen LogP contribution in [-0.4, -0.2) is 96.2 Å². The number of rotatable bonds is 21. The molecule has 3 aromatic carbocycles. The molecule has 0 aliphatic carbocycles. The second-order valence-corrected chi connectivity index (χ2v) is 15.8. The van der Waals surface area contributed by atoms with E-state index in [4.69, 9.17) is 14.2 Å². The van der Waals surface area contributed by atoms with Crippen molar-refractivity contribution in [1.82, 2.24) is 20.2 Å². The Kier molecular flexibility index (Phi) is 15.4. The summed E-state index contributed by atoms with van der Waals surface area (Å²) in [5.41, 5.74) is 7.33. The van der Waals surface area contributed by atoms with Crippen LogP contribution < -0.4 is 30.4 Å². The lowest BCUT2D eigenvalue weighted by atomic mass is 10.0. The summed E-state index contributed by atoms with van der Waals surface area (Å²) >= 11 is 0. The molecule has 3 aliphatic heterocycles. The Morgan fingerprint density at radius 2 is 1.63 bits per heavy atom. The summed E-state index contributed by atoms with van der Waals surface area (Å²) < 4.78 is 17.5. The Morgan fingerprint density at radius 3 is 2.41 bits per heavy atom. The van der Waals surface area contributed by atoms with Gasteiger partial charge in [-0.3, -0.25) is 39.6 Å². The topological polar surface area (TPSA) is 194 Å². The maximum Gasteiger partial charge on any atom is 0.320 e. The number of amides is 5. The van der Waals surface area contributed by atoms with E-state index in [2.05, 4.69) is 42.1 Å². The van der Waals surface area contributed by atoms with E-state index < -0.39 is 29.7 Å². The van der Waals surface area contributed by atoms with Crippen LogP contribution in [0.5, 0.6) is 11.8 Å². The lowest BCUT2D eigenvalue weighted by Gasteiger charge is -2.28. The highest BCUT2D eigenvalue weighted by Crippen LogP contribution is 2.34. The highest BCUT2D eigenvalue weighted by Gasteiger charge is 2.46. The predicted molar refractivity (Wildman–Crippen MR) is 237 cm³/mol. The number of imide groups is 2. The number of morpholine rings is 1. The molecule has 7 rings (SSSR count). The monoisotopic (exact) mass is 858 g/mol. The number of hydrazone groups is 1. The summed E-state index contributed by atoms with van der Waals surface area (Å²) in [6.45, 7) is 5.49. The van der Waals surface area contributed by atoms with Gasteiger partial charge in [-0.1, -0.05) is 80.1 Å². The number of unbranched alkanes of at least 4 members (excludes halogenated alkanes) is 6. The van der Waals surface area contributed by atoms with E-state index in [0.717, 1.165) is 91.1 Å². The largest absolute Gasteiger partial charge is 0.493 e. The standard InChI is InChI=1S/C47H54N8O8/c1-32-11-9-12-34(29-32)31-48-53-39-30-40(54-23-27-61-28-24-54)51-47(50-39)63-26-22-33-16-18-35(19-17-33)49-41(56)15-7-5-3-2-4-6-8-25-62-38-14-10-13-36-43(38)46(60)55(45(36)59)37-20-21-42(57)52-44(37)58/h9-14,16-19,29-31,37H,2-8,15,20-28H2,1H3,(H,49,56)(H,50,51,53)(H,52,57,58)/b48-31+. The number of benzene rings is 3. The first-order chi connectivity index (χ1) is 30.7. The van der Waals surface area contributed by atoms with Crippen LogP contribution in [0.3, 0.4) is 0 Å². The van der Waals surface area contributed by atoms with Gasteiger partial charge in [0.25, 0.3) is 11.8 Å². The summed E-state index contributed by atoms with van der Waals surface area (Å²) in [6, 6.07) is 21.8. The zero-order chi connectivity index (χ0) is 44.0. The Bertz CT molecular complexity index is 2300. The minimum absolute atomic E-state index is 0.0130. The van der Waals surface area contributed by atoms with Crippen LogP contribution in [0.25, 0.3) is 0 Å². The van der Waals surface area contributed by atoms with Gasteiger partial charge in [0, 0.05) is 44.1 Å². The predicted octanol–water partition coefficient (Wildman–Crippen LogP) is 6.23. The van der Waals surface area contributed by atoms with Gasteiger partial charge in [0.05, 0.1) is 43.8 Å². The van der Waals surface area contributed by atoms with Crippen LogP contribution >= 0.6 is 0 Å². The normalized spacial score (nSPS) is 16.3. The molecular formula is C47H54N8O8. The van der Waals surface area contributed by atoms with Crippen molar-refractivity contribution in [1.29, 1.82) is 0 Å². The van der Waals surface area contributed by atoms with Gasteiger partial charge in [-0.15, -0.1) is 0 Å². The Hall–Kier alpha value is -6.68. The molecule has 16 heteroatoms. The lowest BCUT2D eigenvalue weighted by molar-refractivity contribution is -0.136. The molecule has 0 radical (unpaired) electrons. The molecule has 0 saturated carbocycles. The molecule has 1 unspecified atom stereocenters. The maximum atomic E-state index is 13.3. The zero-order valence-electron chi connectivity index (χ0n) is 35.6. The van der Waals surface area contributed by atoms with Crippen LogP contribution in [0.2, 0.25) is 0 Å². The van der Waals surface area contributed by atoms with Gasteiger partial charge < -0.3 is 24.4 Å². The number of carbonyl (C=O) groups excluding carboxylic acids is 5. The fourth-order valence-corrected chi connectivity index (χ4v) is 7.71. The Labute approximate surface area is 366 Å². The fourth-order valence-electron chi connectivity index (χ4n) is 7.71. The minimum atomic E-state index is -1.02. The maximum absolute atomic E-state index is 13.3. The highest BCUT2D eigenvalue weighted by atomic mass is 16.5. The molecule has 4 aromatic rings. The summed E-state index contributed by atoms with van der Waals surface area (Å²) in [6.07, 6.45) is 9.53. The number of anilines is 3. The highest BCUT2D eigenvalue weighted by molar-refractivity contribution is 6.24. The summed E-state index contributed by atoms with van der Waals surface area (Å²) in [5, 5.41) is 9.59. The van der Waals surface area contributed by atoms with E-state index in [9.17, 15) is 24.0 Å². The number of aryl methyl sites for hydroxylation is 1. The SMILES string of the molecule is Cc1cccc(/C=N/Nc2cc(N3CCOCC3)nc(OCCc3ccc(NC(=O)CCCCCCCCCOc4cccc5c4C(=O)N(C4CCC(=O)NC4=O)C5=O)cc3)n2)c1. The van der Waals surface area contributed by atoms with Crippen LogP contribution in [0.15, 0.2) is 77.9 Å². The molecule has 16 nitrogen and oxygen atoms in total. The molecule has 63 heavy (non-hydrogen) atoms. The number of hydrogen-bond donors (Lipinski definition) is 3. The second-order valence-electron chi connectivity index (χ2n) is 15.8. The number of nitrogens with one attached hydrogen (secondary N) is 3. The molecule has 3 N–H and O–H groups in total. The van der Waals surface area contributed by atoms with Gasteiger partial charge in [-0.25, -0.2) is 0 Å². The molecule has 4 heterocycles. The van der Waals surface area contributed by atoms with Gasteiger partial charge >= 0.3 is 6.01 Å². The number of aromatic nitrogens is 2. The van der Waals surface area contributed by atoms with Crippen molar-refractivity contribution in [2.24, 2.45) is 5.10 Å². The van der Waals surface area contributed by atoms with Crippen molar-refractivity contribution in [3.05, 3.63) is 101 Å². The third-order valence-electron chi connectivity index (χ3n) is 11.1. The van der Waals surface area contributed by atoms with Crippen LogP contribution in [-0.2, 0) is 25.5 Å². The third-order valence-corrected chi connectivity index (χ3v) is 11.1. The molecule has 5 amide bonds. The van der Waals surface area contributed by atoms with E-state index >= 15 is 0 Å². The van der Waals surface area contributed by atoms with E-state index in [-0.39, 0.29) is 35.9 Å². The molecule has 330 valence electrons. The Balaban J connectivity index is 0.762. The molecular weight excluding hydrogens is 805 g/mol. The van der Waals surface area contributed by atoms with Crippen molar-refractivity contribution in [2.45, 2.75) is 83.6 Å². The molecule has 1 atom stereocenters. The fraction of sp³-hybridized carbons (Fsp3) is 0.404. The number of ether oxygens (including phenoxy) is 3. The van der Waals surface area contributed by atoms with E-state index in [1.54, 1.807) is 24.4 Å². The first-order valence-corrected chi connectivity index (χ1v) is 21.8. The number of fused-ring (bicyclic) bond motifs is 1. The number of hydrogen-bond acceptors (Lipinski definition) is 13. The molecule has 3 aliphatic rings. The van der Waals surface area contributed by atoms with Gasteiger partial charge in [0.15, 0.2) is 5.82 Å². The lowest BCUT2D eigenvalue weighted by Crippen LogP contribution is -2.54. The first-order valence-electron chi connectivity index (χ1n) is 21.8. The van der Waals surface area contributed by atoms with Crippen molar-refractivity contribution in [3.8, 4) is 11.8 Å². The van der Waals surface area contributed by atoms with Gasteiger partial charge in [0.2, 0.25) is 17.7 Å². The third kappa shape index (κ3) is 12.2. The number of nitrogens with zero attached hydrogens (tertiary/aromatic N) is 5. The average molecular weight is 859 g/mol. The van der Waals surface area contributed by atoms with Gasteiger partial charge in [-0.05, 0) is 61.6 Å². The zero-order valence-corrected chi connectivity index (χ0v) is 35.6. The smallest absolute Gasteiger partial charge is 0.320 e. The molecule has 2 fully saturated rings. The quantitative estimate of drug-likeness (QED) is 0.0371. The summed E-state index contributed by atoms with van der Waals surface area (Å²) in [4.78, 5) is 75.2. The van der Waals surface area contributed by atoms with Crippen molar-refractivity contribution in [2.75, 3.05) is 55.2 Å². The molecule has 0 bridgehead atoms. The number of carbonyl (C=O) groups is 5. The van der Waals surface area contributed by atoms with Gasteiger partial charge in [0.1, 0.15) is 17.6 Å². The first kappa shape index (κ1) is 44.4. The summed E-state index contributed by atoms with van der Waals surface area (Å²) in [5.74, 6) is -0.604. The van der Waals surface area contributed by atoms with Crippen LogP contribution in [0, 0.1) is 6.92 Å². The van der Waals surface area contributed by atoms with E-state index in [0.29, 0.717) is 50.8 Å².